The Hall–Kier alpha value is -1.30. The van der Waals surface area contributed by atoms with Gasteiger partial charge >= 0.3 is 0 Å². The number of hydrogen-bond acceptors (Lipinski definition) is 4. The number of rotatable bonds is 4. The number of carbonyl (C=O) groups excluding carboxylic acids is 1. The molecule has 0 radical (unpaired) electrons. The van der Waals surface area contributed by atoms with Crippen molar-refractivity contribution in [3.63, 3.8) is 0 Å². The lowest BCUT2D eigenvalue weighted by atomic mass is 10.1. The van der Waals surface area contributed by atoms with Gasteiger partial charge < -0.3 is 19.6 Å². The van der Waals surface area contributed by atoms with Crippen molar-refractivity contribution in [1.29, 1.82) is 0 Å². The van der Waals surface area contributed by atoms with Crippen LogP contribution in [0.3, 0.4) is 0 Å². The fraction of sp³-hybridized carbons (Fsp3) is 0.611. The molecule has 2 atom stereocenters. The molecule has 0 aliphatic carbocycles. The first-order chi connectivity index (χ1) is 11.6. The Bertz CT molecular complexity index is 590. The molecule has 0 aromatic heterocycles. The summed E-state index contributed by atoms with van der Waals surface area (Å²) >= 11 is 6.28. The van der Waals surface area contributed by atoms with E-state index in [1.165, 1.54) is 19.3 Å². The topological polar surface area (TPSA) is 53.0 Å². The Morgan fingerprint density at radius 1 is 1.29 bits per heavy atom. The van der Waals surface area contributed by atoms with Gasteiger partial charge in [-0.25, -0.2) is 0 Å². The van der Waals surface area contributed by atoms with E-state index in [2.05, 4.69) is 4.90 Å². The number of aliphatic hydroxyl groups excluding tert-OH is 1. The summed E-state index contributed by atoms with van der Waals surface area (Å²) in [4.78, 5) is 16.8. The minimum Gasteiger partial charge on any atom is -0.388 e. The van der Waals surface area contributed by atoms with Crippen LogP contribution in [0.15, 0.2) is 18.2 Å². The van der Waals surface area contributed by atoms with Crippen LogP contribution in [0.25, 0.3) is 0 Å². The van der Waals surface area contributed by atoms with Gasteiger partial charge in [-0.15, -0.1) is 0 Å². The predicted molar refractivity (Wildman–Crippen MR) is 94.8 cm³/mol. The van der Waals surface area contributed by atoms with Crippen molar-refractivity contribution in [3.8, 4) is 0 Å². The number of aliphatic hydroxyl groups is 1. The fourth-order valence-electron chi connectivity index (χ4n) is 3.50. The van der Waals surface area contributed by atoms with E-state index in [1.54, 1.807) is 11.0 Å². The van der Waals surface area contributed by atoms with Gasteiger partial charge in [0.2, 0.25) is 0 Å². The normalized spacial score (nSPS) is 24.5. The highest BCUT2D eigenvalue weighted by molar-refractivity contribution is 6.34. The average Bonchev–Trinajstić information content (AvgIpc) is 2.97. The summed E-state index contributed by atoms with van der Waals surface area (Å²) in [6, 6.07) is 5.66. The number of ether oxygens (including phenoxy) is 1. The Balaban J connectivity index is 1.77. The number of benzene rings is 1. The lowest BCUT2D eigenvalue weighted by Crippen LogP contribution is -2.32. The predicted octanol–water partition coefficient (Wildman–Crippen LogP) is 2.55. The Morgan fingerprint density at radius 2 is 2.04 bits per heavy atom. The van der Waals surface area contributed by atoms with Crippen LogP contribution in [-0.2, 0) is 4.74 Å². The van der Waals surface area contributed by atoms with Crippen molar-refractivity contribution in [2.45, 2.75) is 38.4 Å². The quantitative estimate of drug-likeness (QED) is 0.904. The molecule has 24 heavy (non-hydrogen) atoms. The molecule has 1 aromatic carbocycles. The molecule has 0 spiro atoms. The summed E-state index contributed by atoms with van der Waals surface area (Å²) in [6.45, 7) is 5.13. The van der Waals surface area contributed by atoms with Crippen LogP contribution in [0.5, 0.6) is 0 Å². The number of piperidine rings is 1. The van der Waals surface area contributed by atoms with E-state index < -0.39 is 6.10 Å². The number of β-amino-alcohol motifs (C(OH)–C–C–N with tert-alkyl or cyclic N) is 1. The number of nitrogens with zero attached hydrogens (tertiary/aromatic N) is 2. The van der Waals surface area contributed by atoms with Gasteiger partial charge in [0.25, 0.3) is 5.91 Å². The van der Waals surface area contributed by atoms with Crippen molar-refractivity contribution in [1.82, 2.24) is 4.90 Å². The second kappa shape index (κ2) is 7.72. The van der Waals surface area contributed by atoms with Gasteiger partial charge in [-0.05, 0) is 44.4 Å². The highest BCUT2D eigenvalue weighted by atomic mass is 35.5. The third kappa shape index (κ3) is 3.68. The molecular formula is C18H25ClN2O3. The first-order valence-corrected chi connectivity index (χ1v) is 9.11. The first kappa shape index (κ1) is 17.5. The minimum absolute atomic E-state index is 0.139. The lowest BCUT2D eigenvalue weighted by Gasteiger charge is -2.29. The number of carbonyl (C=O) groups is 1. The first-order valence-electron chi connectivity index (χ1n) is 8.73. The van der Waals surface area contributed by atoms with E-state index in [4.69, 9.17) is 16.3 Å². The SMILES string of the molecule is CCO[C@@H]1CN(C(=O)c2cc(N3CCCCC3)ccc2Cl)C[C@H]1O. The second-order valence-electron chi connectivity index (χ2n) is 6.48. The lowest BCUT2D eigenvalue weighted by molar-refractivity contribution is -0.00237. The standard InChI is InChI=1S/C18H25ClN2O3/c1-2-24-17-12-21(11-16(17)22)18(23)14-10-13(6-7-15(14)19)20-8-4-3-5-9-20/h6-7,10,16-17,22H,2-5,8-9,11-12H2,1H3/t16-,17-/m1/s1. The van der Waals surface area contributed by atoms with Crippen molar-refractivity contribution in [2.24, 2.45) is 0 Å². The zero-order chi connectivity index (χ0) is 17.1. The third-order valence-electron chi connectivity index (χ3n) is 4.81. The maximum Gasteiger partial charge on any atom is 0.255 e. The number of amides is 1. The monoisotopic (exact) mass is 352 g/mol. The van der Waals surface area contributed by atoms with Crippen LogP contribution in [0.4, 0.5) is 5.69 Å². The molecule has 0 unspecified atom stereocenters. The number of halogens is 1. The maximum atomic E-state index is 12.9. The van der Waals surface area contributed by atoms with Crippen molar-refractivity contribution >= 4 is 23.2 Å². The maximum absolute atomic E-state index is 12.9. The molecule has 1 aromatic rings. The largest absolute Gasteiger partial charge is 0.388 e. The molecule has 1 amide bonds. The summed E-state index contributed by atoms with van der Waals surface area (Å²) in [5.74, 6) is -0.139. The van der Waals surface area contributed by atoms with Crippen molar-refractivity contribution < 1.29 is 14.6 Å². The number of hydrogen-bond donors (Lipinski definition) is 1. The van der Waals surface area contributed by atoms with E-state index in [0.717, 1.165) is 18.8 Å². The van der Waals surface area contributed by atoms with Gasteiger partial charge in [-0.2, -0.15) is 0 Å². The van der Waals surface area contributed by atoms with Crippen LogP contribution in [0, 0.1) is 0 Å². The zero-order valence-corrected chi connectivity index (χ0v) is 14.8. The van der Waals surface area contributed by atoms with E-state index in [-0.39, 0.29) is 18.6 Å². The highest BCUT2D eigenvalue weighted by Gasteiger charge is 2.35. The van der Waals surface area contributed by atoms with Crippen LogP contribution in [0.1, 0.15) is 36.5 Å². The molecule has 2 fully saturated rings. The molecular weight excluding hydrogens is 328 g/mol. The third-order valence-corrected chi connectivity index (χ3v) is 5.14. The average molecular weight is 353 g/mol. The molecule has 2 aliphatic rings. The van der Waals surface area contributed by atoms with E-state index >= 15 is 0 Å². The summed E-state index contributed by atoms with van der Waals surface area (Å²) in [7, 11) is 0. The Labute approximate surface area is 148 Å². The summed E-state index contributed by atoms with van der Waals surface area (Å²) in [5, 5.41) is 10.5. The van der Waals surface area contributed by atoms with Gasteiger partial charge in [0.05, 0.1) is 16.7 Å². The molecule has 132 valence electrons. The van der Waals surface area contributed by atoms with Gasteiger partial charge in [-0.1, -0.05) is 11.6 Å². The van der Waals surface area contributed by atoms with Gasteiger partial charge in [-0.3, -0.25) is 4.79 Å². The molecule has 1 N–H and O–H groups in total. The second-order valence-corrected chi connectivity index (χ2v) is 6.89. The molecule has 5 nitrogen and oxygen atoms in total. The van der Waals surface area contributed by atoms with Gasteiger partial charge in [0.1, 0.15) is 6.10 Å². The number of likely N-dealkylation sites (tertiary alicyclic amines) is 1. The number of anilines is 1. The summed E-state index contributed by atoms with van der Waals surface area (Å²) < 4.78 is 5.50. The molecule has 3 rings (SSSR count). The Kier molecular flexibility index (Phi) is 5.64. The highest BCUT2D eigenvalue weighted by Crippen LogP contribution is 2.28. The smallest absolute Gasteiger partial charge is 0.255 e. The summed E-state index contributed by atoms with van der Waals surface area (Å²) in [6.07, 6.45) is 2.67. The molecule has 0 bridgehead atoms. The van der Waals surface area contributed by atoms with Crippen molar-refractivity contribution in [2.75, 3.05) is 37.7 Å². The van der Waals surface area contributed by atoms with Crippen LogP contribution < -0.4 is 4.90 Å². The van der Waals surface area contributed by atoms with E-state index in [1.807, 2.05) is 19.1 Å². The Morgan fingerprint density at radius 3 is 2.75 bits per heavy atom. The van der Waals surface area contributed by atoms with Gasteiger partial charge in [0.15, 0.2) is 0 Å². The molecule has 2 heterocycles. The molecule has 0 saturated carbocycles. The van der Waals surface area contributed by atoms with Crippen LogP contribution in [0.2, 0.25) is 5.02 Å². The zero-order valence-electron chi connectivity index (χ0n) is 14.1. The molecule has 6 heteroatoms. The minimum atomic E-state index is -0.641. The fourth-order valence-corrected chi connectivity index (χ4v) is 3.70. The summed E-state index contributed by atoms with van der Waals surface area (Å²) in [5.41, 5.74) is 1.55. The van der Waals surface area contributed by atoms with Crippen LogP contribution in [-0.4, -0.2) is 60.9 Å². The molecule has 2 saturated heterocycles. The van der Waals surface area contributed by atoms with Crippen LogP contribution >= 0.6 is 11.6 Å². The molecule has 2 aliphatic heterocycles. The van der Waals surface area contributed by atoms with Gasteiger partial charge in [0, 0.05) is 38.5 Å². The van der Waals surface area contributed by atoms with E-state index in [9.17, 15) is 9.90 Å². The van der Waals surface area contributed by atoms with Crippen molar-refractivity contribution in [3.05, 3.63) is 28.8 Å². The van der Waals surface area contributed by atoms with E-state index in [0.29, 0.717) is 23.7 Å².